The van der Waals surface area contributed by atoms with Crippen molar-refractivity contribution in [3.8, 4) is 0 Å². The summed E-state index contributed by atoms with van der Waals surface area (Å²) in [4.78, 5) is 10.6. The molecular formula is C9H10F6NNaO4S. The maximum absolute atomic E-state index is 13.3. The topological polar surface area (TPSA) is 74.7 Å². The largest absolute Gasteiger partial charge is 1.00 e. The summed E-state index contributed by atoms with van der Waals surface area (Å²) in [6.45, 7) is -1.53. The minimum atomic E-state index is -6.13. The van der Waals surface area contributed by atoms with Crippen LogP contribution >= 0.6 is 0 Å². The van der Waals surface area contributed by atoms with E-state index in [9.17, 15) is 39.6 Å². The van der Waals surface area contributed by atoms with Gasteiger partial charge in [-0.15, -0.1) is 0 Å². The predicted octanol–water partition coefficient (Wildman–Crippen LogP) is -1.23. The molecule has 0 aromatic rings. The summed E-state index contributed by atoms with van der Waals surface area (Å²) in [6, 6.07) is 0. The molecule has 124 valence electrons. The van der Waals surface area contributed by atoms with Gasteiger partial charge in [0.05, 0.1) is 12.3 Å². The number of carbonyl (C=O) groups is 1. The monoisotopic (exact) mass is 365 g/mol. The number of alkyl halides is 4. The van der Waals surface area contributed by atoms with Crippen molar-refractivity contribution >= 4 is 16.0 Å². The average Bonchev–Trinajstić information content (AvgIpc) is 2.38. The van der Waals surface area contributed by atoms with Gasteiger partial charge in [0.2, 0.25) is 0 Å². The van der Waals surface area contributed by atoms with Gasteiger partial charge in [0.15, 0.2) is 0 Å². The Bertz CT molecular complexity index is 506. The van der Waals surface area contributed by atoms with Crippen LogP contribution in [0.2, 0.25) is 0 Å². The molecule has 1 aliphatic heterocycles. The van der Waals surface area contributed by atoms with E-state index in [2.05, 4.69) is 0 Å². The molecule has 13 heteroatoms. The summed E-state index contributed by atoms with van der Waals surface area (Å²) in [5.74, 6) is -8.42. The van der Waals surface area contributed by atoms with Crippen molar-refractivity contribution in [3.63, 3.8) is 0 Å². The van der Waals surface area contributed by atoms with E-state index < -0.39 is 52.6 Å². The van der Waals surface area contributed by atoms with Gasteiger partial charge in [-0.05, 0) is 12.8 Å². The SMILES string of the molecule is O=C(O)C1CCN(S(=O)(=O)C(F)(F)C(F)(F)[C-](F)F)CC1.[Na+]. The molecule has 0 aromatic heterocycles. The predicted molar refractivity (Wildman–Crippen MR) is 56.2 cm³/mol. The van der Waals surface area contributed by atoms with Crippen LogP contribution in [-0.4, -0.2) is 48.1 Å². The first-order valence-corrected chi connectivity index (χ1v) is 6.96. The van der Waals surface area contributed by atoms with Gasteiger partial charge in [0.25, 0.3) is 15.9 Å². The number of carboxylic acid groups (broad SMARTS) is 1. The van der Waals surface area contributed by atoms with E-state index in [0.717, 1.165) is 0 Å². The normalized spacial score (nSPS) is 19.0. The van der Waals surface area contributed by atoms with Gasteiger partial charge in [-0.3, -0.25) is 4.79 Å². The fourth-order valence-corrected chi connectivity index (χ4v) is 3.19. The molecule has 0 atom stereocenters. The first kappa shape index (κ1) is 22.0. The van der Waals surface area contributed by atoms with Crippen LogP contribution in [0.5, 0.6) is 0 Å². The number of carboxylic acids is 1. The van der Waals surface area contributed by atoms with Gasteiger partial charge in [-0.25, -0.2) is 17.2 Å². The molecule has 1 N–H and O–H groups in total. The third-order valence-electron chi connectivity index (χ3n) is 3.07. The standard InChI is InChI=1S/C9H10F6NO4S.Na/c10-7(11)8(12,13)9(14,15)21(19,20)16-3-1-5(2-4-16)6(17)18;/h5H,1-4H2,(H,17,18);/q-1;+1. The molecule has 1 rings (SSSR count). The first-order chi connectivity index (χ1) is 9.35. The number of hydrogen-bond acceptors (Lipinski definition) is 3. The molecule has 0 aromatic carbocycles. The number of aliphatic carboxylic acids is 1. The second-order valence-electron chi connectivity index (χ2n) is 4.37. The Morgan fingerprint density at radius 2 is 1.55 bits per heavy atom. The van der Waals surface area contributed by atoms with Crippen molar-refractivity contribution in [2.45, 2.75) is 24.0 Å². The molecule has 0 spiro atoms. The molecule has 1 heterocycles. The number of piperidine rings is 1. The van der Waals surface area contributed by atoms with Crippen molar-refractivity contribution in [3.05, 3.63) is 6.43 Å². The van der Waals surface area contributed by atoms with E-state index in [0.29, 0.717) is 0 Å². The number of nitrogens with zero attached hydrogens (tertiary/aromatic N) is 1. The zero-order valence-electron chi connectivity index (χ0n) is 11.2. The molecule has 0 saturated carbocycles. The van der Waals surface area contributed by atoms with Crippen LogP contribution in [0.3, 0.4) is 0 Å². The second kappa shape index (κ2) is 7.24. The molecule has 0 amide bonds. The van der Waals surface area contributed by atoms with Crippen LogP contribution in [-0.2, 0) is 14.8 Å². The quantitative estimate of drug-likeness (QED) is 0.376. The third kappa shape index (κ3) is 3.71. The van der Waals surface area contributed by atoms with Crippen molar-refractivity contribution < 1.29 is 74.2 Å². The molecule has 0 unspecified atom stereocenters. The van der Waals surface area contributed by atoms with Crippen LogP contribution < -0.4 is 29.6 Å². The Labute approximate surface area is 144 Å². The smallest absolute Gasteiger partial charge is 0.481 e. The van der Waals surface area contributed by atoms with Gasteiger partial charge in [0.1, 0.15) is 0 Å². The molecule has 1 saturated heterocycles. The number of halogens is 6. The summed E-state index contributed by atoms with van der Waals surface area (Å²) >= 11 is 0. The van der Waals surface area contributed by atoms with Crippen molar-refractivity contribution in [1.29, 1.82) is 0 Å². The van der Waals surface area contributed by atoms with Gasteiger partial charge in [-0.2, -0.15) is 13.1 Å². The first-order valence-electron chi connectivity index (χ1n) is 5.52. The van der Waals surface area contributed by atoms with Gasteiger partial charge in [-0.1, -0.05) is 0 Å². The number of rotatable bonds is 5. The molecule has 1 aliphatic rings. The third-order valence-corrected chi connectivity index (χ3v) is 5.02. The van der Waals surface area contributed by atoms with E-state index in [1.807, 2.05) is 0 Å². The second-order valence-corrected chi connectivity index (χ2v) is 6.35. The van der Waals surface area contributed by atoms with E-state index in [1.165, 1.54) is 0 Å². The summed E-state index contributed by atoms with van der Waals surface area (Å²) in [5.41, 5.74) is 0. The minimum absolute atomic E-state index is 0. The van der Waals surface area contributed by atoms with Crippen molar-refractivity contribution in [2.24, 2.45) is 5.92 Å². The zero-order valence-corrected chi connectivity index (χ0v) is 14.0. The molecule has 22 heavy (non-hydrogen) atoms. The maximum Gasteiger partial charge on any atom is 1.00 e. The fraction of sp³-hybridized carbons (Fsp3) is 0.778. The Hall–Kier alpha value is -0.0400. The zero-order chi connectivity index (χ0) is 16.6. The van der Waals surface area contributed by atoms with Crippen LogP contribution in [0.15, 0.2) is 0 Å². The summed E-state index contributed by atoms with van der Waals surface area (Å²) in [6.07, 6.45) is -4.77. The Morgan fingerprint density at radius 1 is 1.14 bits per heavy atom. The van der Waals surface area contributed by atoms with Gasteiger partial charge >= 0.3 is 40.8 Å². The van der Waals surface area contributed by atoms with E-state index >= 15 is 0 Å². The molecule has 0 bridgehead atoms. The maximum atomic E-state index is 13.3. The number of hydrogen-bond donors (Lipinski definition) is 1. The Balaban J connectivity index is 0.00000441. The molecular weight excluding hydrogens is 355 g/mol. The Morgan fingerprint density at radius 3 is 1.86 bits per heavy atom. The van der Waals surface area contributed by atoms with Gasteiger partial charge < -0.3 is 13.9 Å². The average molecular weight is 365 g/mol. The van der Waals surface area contributed by atoms with E-state index in [1.54, 1.807) is 0 Å². The summed E-state index contributed by atoms with van der Waals surface area (Å²) in [5, 5.41) is 2.63. The Kier molecular flexibility index (Phi) is 7.23. The molecule has 5 nitrogen and oxygen atoms in total. The van der Waals surface area contributed by atoms with Crippen molar-refractivity contribution in [2.75, 3.05) is 13.1 Å². The van der Waals surface area contributed by atoms with Crippen LogP contribution in [0, 0.1) is 12.3 Å². The van der Waals surface area contributed by atoms with E-state index in [-0.39, 0.29) is 46.7 Å². The summed E-state index contributed by atoms with van der Waals surface area (Å²) < 4.78 is 98.6. The van der Waals surface area contributed by atoms with Crippen molar-refractivity contribution in [1.82, 2.24) is 4.31 Å². The molecule has 0 aliphatic carbocycles. The van der Waals surface area contributed by atoms with Crippen LogP contribution in [0.4, 0.5) is 26.3 Å². The van der Waals surface area contributed by atoms with Gasteiger partial charge in [0, 0.05) is 13.1 Å². The van der Waals surface area contributed by atoms with Crippen LogP contribution in [0.25, 0.3) is 0 Å². The number of sulfonamides is 1. The van der Waals surface area contributed by atoms with Crippen LogP contribution in [0.1, 0.15) is 12.8 Å². The van der Waals surface area contributed by atoms with E-state index in [4.69, 9.17) is 5.11 Å². The minimum Gasteiger partial charge on any atom is -0.481 e. The molecule has 0 radical (unpaired) electrons. The molecule has 1 fully saturated rings. The fourth-order valence-electron chi connectivity index (χ4n) is 1.78. The summed E-state index contributed by atoms with van der Waals surface area (Å²) in [7, 11) is -6.06.